The molecule has 17 unspecified atom stereocenters. The number of carbonyl (C=O) groups is 1. The third kappa shape index (κ3) is 17.1. The van der Waals surface area contributed by atoms with E-state index in [1.807, 2.05) is 30.3 Å². The number of ether oxygens (including phenoxy) is 17. The Kier molecular flexibility index (Phi) is 37.2. The van der Waals surface area contributed by atoms with E-state index >= 15 is 0 Å². The highest BCUT2D eigenvalue weighted by molar-refractivity contribution is 5.76. The van der Waals surface area contributed by atoms with E-state index in [2.05, 4.69) is 128 Å². The summed E-state index contributed by atoms with van der Waals surface area (Å²) in [4.78, 5) is 14.2. The minimum Gasteiger partial charge on any atom is -0.508 e. The van der Waals surface area contributed by atoms with Crippen LogP contribution in [0.5, 0.6) is 5.75 Å². The summed E-state index contributed by atoms with van der Waals surface area (Å²) in [6.45, 7) is 40.3. The molecule has 20 nitrogen and oxygen atoms in total. The molecular weight excluding hydrogens is 1300 g/mol. The largest absolute Gasteiger partial charge is 0.508 e. The van der Waals surface area contributed by atoms with Gasteiger partial charge in [0.25, 0.3) is 0 Å². The minimum atomic E-state index is -1.21. The van der Waals surface area contributed by atoms with Gasteiger partial charge in [0.1, 0.15) is 5.75 Å². The first-order chi connectivity index (χ1) is 47.7. The number of phenolic OH excluding ortho intramolecular Hbond substituents is 1. The number of nitrogens with one attached hydrogen (secondary N) is 1. The van der Waals surface area contributed by atoms with Crippen molar-refractivity contribution in [2.45, 2.75) is 142 Å². The lowest BCUT2D eigenvalue weighted by Gasteiger charge is -2.76. The van der Waals surface area contributed by atoms with Crippen LogP contribution in [0.4, 0.5) is 0 Å². The molecule has 2 aromatic rings. The molecule has 0 saturated carbocycles. The summed E-state index contributed by atoms with van der Waals surface area (Å²) in [5, 5.41) is 13.4. The highest BCUT2D eigenvalue weighted by Crippen LogP contribution is 2.79. The summed E-state index contributed by atoms with van der Waals surface area (Å²) in [5.41, 5.74) is -13.1. The molecule has 2 N–H and O–H groups in total. The van der Waals surface area contributed by atoms with Gasteiger partial charge in [-0.2, -0.15) is 0 Å². The van der Waals surface area contributed by atoms with Crippen molar-refractivity contribution in [3.63, 3.8) is 0 Å². The molecule has 0 bridgehead atoms. The summed E-state index contributed by atoms with van der Waals surface area (Å²) in [6.07, 6.45) is 1.18. The number of benzene rings is 2. The lowest BCUT2D eigenvalue weighted by molar-refractivity contribution is -0.344. The normalized spacial score (nSPS) is 22.0. The van der Waals surface area contributed by atoms with Crippen molar-refractivity contribution in [1.82, 2.24) is 5.32 Å². The molecular formula is C82H149NO19. The molecule has 20 heteroatoms. The Morgan fingerprint density at radius 2 is 0.608 bits per heavy atom. The first kappa shape index (κ1) is 95.1. The summed E-state index contributed by atoms with van der Waals surface area (Å²) in [6, 6.07) is 16.6. The van der Waals surface area contributed by atoms with Gasteiger partial charge >= 0.3 is 0 Å². The monoisotopic (exact) mass is 1450 g/mol. The Labute approximate surface area is 619 Å². The van der Waals surface area contributed by atoms with Crippen LogP contribution in [0.3, 0.4) is 0 Å². The number of hydrogen-bond acceptors (Lipinski definition) is 19. The number of amides is 1. The second kappa shape index (κ2) is 39.9. The average Bonchev–Trinajstić information content (AvgIpc) is 0.663. The number of hydrogen-bond donors (Lipinski definition) is 2. The average molecular weight is 1450 g/mol. The zero-order valence-electron chi connectivity index (χ0n) is 70.3. The molecule has 596 valence electrons. The van der Waals surface area contributed by atoms with Gasteiger partial charge in [-0.05, 0) is 48.9 Å². The maximum Gasteiger partial charge on any atom is 0.220 e. The van der Waals surface area contributed by atoms with Crippen molar-refractivity contribution >= 4 is 5.91 Å². The van der Waals surface area contributed by atoms with Crippen LogP contribution in [0.2, 0.25) is 0 Å². The predicted octanol–water partition coefficient (Wildman–Crippen LogP) is 12.9. The van der Waals surface area contributed by atoms with E-state index in [-0.39, 0.29) is 116 Å². The van der Waals surface area contributed by atoms with E-state index in [9.17, 15) is 9.90 Å². The van der Waals surface area contributed by atoms with Crippen LogP contribution >= 0.6 is 0 Å². The van der Waals surface area contributed by atoms with Crippen LogP contribution in [-0.2, 0) is 98.2 Å². The van der Waals surface area contributed by atoms with Crippen LogP contribution in [0.15, 0.2) is 54.6 Å². The molecule has 0 aliphatic heterocycles. The fourth-order valence-electron chi connectivity index (χ4n) is 20.6. The Morgan fingerprint density at radius 1 is 0.333 bits per heavy atom. The molecule has 102 heavy (non-hydrogen) atoms. The van der Waals surface area contributed by atoms with Crippen molar-refractivity contribution in [2.75, 3.05) is 226 Å². The summed E-state index contributed by atoms with van der Waals surface area (Å²) >= 11 is 0. The van der Waals surface area contributed by atoms with Crippen LogP contribution < -0.4 is 5.32 Å². The van der Waals surface area contributed by atoms with Crippen molar-refractivity contribution in [3.05, 3.63) is 65.7 Å². The Hall–Kier alpha value is -2.97. The van der Waals surface area contributed by atoms with Crippen molar-refractivity contribution in [1.29, 1.82) is 0 Å². The molecule has 0 fully saturated rings. The maximum atomic E-state index is 14.2. The Morgan fingerprint density at radius 3 is 0.902 bits per heavy atom. The number of rotatable bonds is 56. The van der Waals surface area contributed by atoms with E-state index in [1.54, 1.807) is 126 Å². The zero-order valence-corrected chi connectivity index (χ0v) is 70.3. The first-order valence-corrected chi connectivity index (χ1v) is 36.3. The quantitative estimate of drug-likeness (QED) is 0.0631. The van der Waals surface area contributed by atoms with E-state index in [0.29, 0.717) is 32.7 Å². The van der Waals surface area contributed by atoms with Gasteiger partial charge < -0.3 is 90.9 Å². The molecule has 0 aliphatic rings. The fourth-order valence-corrected chi connectivity index (χ4v) is 20.6. The SMILES string of the molecule is COCC(C)C(C)(COC)C(C)(COC)C(C)(COC)C(C)(COC)C(C)(COC)C(C)(COC)C(C)(COC)C(C)(COC)C(C)(COC)C(C)(COC)C(C)(COC)C(C)(COC)C(C)(COC)C(C)(COC)C(C)(COC)OCC(Cc1ccccc1)NC(=O)CCc1ccc(O)cc1. The highest BCUT2D eigenvalue weighted by Gasteiger charge is 2.80. The Bertz CT molecular complexity index is 2720. The number of aryl methyl sites for hydroxylation is 1. The molecule has 0 radical (unpaired) electrons. The summed E-state index contributed by atoms with van der Waals surface area (Å²) in [7, 11) is 28.1. The van der Waals surface area contributed by atoms with E-state index in [4.69, 9.17) is 80.5 Å². The highest BCUT2D eigenvalue weighted by atomic mass is 16.5. The first-order valence-electron chi connectivity index (χ1n) is 36.3. The molecule has 0 aliphatic carbocycles. The number of aromatic hydroxyl groups is 1. The van der Waals surface area contributed by atoms with Gasteiger partial charge in [0.15, 0.2) is 0 Å². The van der Waals surface area contributed by atoms with Gasteiger partial charge in [0, 0.05) is 203 Å². The lowest BCUT2D eigenvalue weighted by atomic mass is 9.29. The predicted molar refractivity (Wildman–Crippen MR) is 406 cm³/mol. The molecule has 1 amide bonds. The van der Waals surface area contributed by atoms with Crippen LogP contribution in [-0.4, -0.2) is 249 Å². The second-order valence-electron chi connectivity index (χ2n) is 33.2. The maximum absolute atomic E-state index is 14.2. The van der Waals surface area contributed by atoms with Crippen LogP contribution in [0.1, 0.15) is 128 Å². The molecule has 0 spiro atoms. The van der Waals surface area contributed by atoms with E-state index in [1.165, 1.54) is 0 Å². The summed E-state index contributed by atoms with van der Waals surface area (Å²) in [5.74, 6) is -0.0112. The molecule has 17 atom stereocenters. The minimum absolute atomic E-state index is 0.0442. The zero-order chi connectivity index (χ0) is 78.2. The van der Waals surface area contributed by atoms with Crippen molar-refractivity contribution < 1.29 is 90.4 Å². The van der Waals surface area contributed by atoms with Gasteiger partial charge in [-0.25, -0.2) is 0 Å². The molecule has 0 aromatic heterocycles. The molecule has 0 heterocycles. The van der Waals surface area contributed by atoms with E-state index < -0.39 is 87.5 Å². The number of methoxy groups -OCH3 is 16. The van der Waals surface area contributed by atoms with Crippen molar-refractivity contribution in [2.24, 2.45) is 81.7 Å². The molecule has 2 rings (SSSR count). The van der Waals surface area contributed by atoms with Gasteiger partial charge in [-0.1, -0.05) is 146 Å². The lowest BCUT2D eigenvalue weighted by Crippen LogP contribution is -2.78. The topological polar surface area (TPSA) is 206 Å². The standard InChI is InChI=1S/C82H149NO19/c1-62(45-86-17)68(2,47-87-18)69(3,48-88-19)70(4,49-89-20)71(5,50-90-21)72(6,51-91-22)73(7,52-92-23)74(8,53-93-24)75(9,54-94-25)76(10,55-95-26)77(11,56-96-27)78(12,57-97-28)79(13,58-98-29)80(14,59-99-30)81(15,60-100-31)82(16,61-101-32)102-46-65(44-64-36-34-33-35-37-64)83-67(85)43-40-63-38-41-66(84)42-39-63/h33-39,41-42,62,65,84H,40,43-61H2,1-32H3,(H,83,85). The van der Waals surface area contributed by atoms with E-state index in [0.717, 1.165) is 11.1 Å². The van der Waals surface area contributed by atoms with Gasteiger partial charge in [-0.3, -0.25) is 4.79 Å². The molecule has 2 aromatic carbocycles. The van der Waals surface area contributed by atoms with Crippen LogP contribution in [0.25, 0.3) is 0 Å². The van der Waals surface area contributed by atoms with Gasteiger partial charge in [-0.15, -0.1) is 0 Å². The van der Waals surface area contributed by atoms with Gasteiger partial charge in [0.05, 0.1) is 117 Å². The third-order valence-electron chi connectivity index (χ3n) is 28.9. The third-order valence-corrected chi connectivity index (χ3v) is 28.9. The number of carbonyl (C=O) groups excluding carboxylic acids is 1. The Balaban J connectivity index is 3.63. The van der Waals surface area contributed by atoms with Crippen molar-refractivity contribution in [3.8, 4) is 5.75 Å². The van der Waals surface area contributed by atoms with Gasteiger partial charge in [0.2, 0.25) is 5.91 Å². The molecule has 0 saturated heterocycles. The fraction of sp³-hybridized carbons (Fsp3) is 0.841. The smallest absolute Gasteiger partial charge is 0.220 e. The van der Waals surface area contributed by atoms with Crippen LogP contribution in [0, 0.1) is 81.7 Å². The number of phenols is 1. The second-order valence-corrected chi connectivity index (χ2v) is 33.2. The summed E-state index contributed by atoms with van der Waals surface area (Å²) < 4.78 is 114.